The summed E-state index contributed by atoms with van der Waals surface area (Å²) in [6.07, 6.45) is 0. The van der Waals surface area contributed by atoms with Crippen LogP contribution < -0.4 is 0 Å². The molecule has 10 aromatic rings. The Hall–Kier alpha value is -7.43. The van der Waals surface area contributed by atoms with Gasteiger partial charge in [-0.05, 0) is 69.3 Å². The topological polar surface area (TPSA) is 43.6 Å². The van der Waals surface area contributed by atoms with Crippen LogP contribution in [0.4, 0.5) is 0 Å². The molecule has 0 spiro atoms. The van der Waals surface area contributed by atoms with Gasteiger partial charge < -0.3 is 4.57 Å². The Morgan fingerprint density at radius 3 is 1.53 bits per heavy atom. The van der Waals surface area contributed by atoms with Crippen molar-refractivity contribution in [3.63, 3.8) is 0 Å². The number of nitrogens with zero attached hydrogens (tertiary/aromatic N) is 4. The third-order valence-electron chi connectivity index (χ3n) is 11.9. The van der Waals surface area contributed by atoms with Gasteiger partial charge in [-0.15, -0.1) is 0 Å². The third kappa shape index (κ3) is 5.48. The summed E-state index contributed by atoms with van der Waals surface area (Å²) in [6.45, 7) is 4.67. The maximum Gasteiger partial charge on any atom is 0.164 e. The molecule has 274 valence electrons. The average molecular weight is 743 g/mol. The zero-order valence-corrected chi connectivity index (χ0v) is 32.3. The summed E-state index contributed by atoms with van der Waals surface area (Å²) in [5.74, 6) is 1.94. The van der Waals surface area contributed by atoms with Crippen molar-refractivity contribution in [2.45, 2.75) is 19.3 Å². The zero-order valence-electron chi connectivity index (χ0n) is 32.3. The summed E-state index contributed by atoms with van der Waals surface area (Å²) in [5, 5.41) is 2.44. The van der Waals surface area contributed by atoms with Gasteiger partial charge in [0.2, 0.25) is 0 Å². The number of benzene rings is 8. The van der Waals surface area contributed by atoms with Crippen LogP contribution in [0.3, 0.4) is 0 Å². The van der Waals surface area contributed by atoms with Gasteiger partial charge in [0.05, 0.1) is 11.0 Å². The number of para-hydroxylation sites is 2. The minimum Gasteiger partial charge on any atom is -0.309 e. The van der Waals surface area contributed by atoms with Gasteiger partial charge >= 0.3 is 0 Å². The molecule has 0 unspecified atom stereocenters. The predicted octanol–water partition coefficient (Wildman–Crippen LogP) is 13.6. The fraction of sp³-hybridized carbons (Fsp3) is 0.0556. The van der Waals surface area contributed by atoms with Crippen LogP contribution in [-0.4, -0.2) is 19.5 Å². The molecule has 0 N–H and O–H groups in total. The molecule has 4 heteroatoms. The fourth-order valence-electron chi connectivity index (χ4n) is 8.96. The zero-order chi connectivity index (χ0) is 38.8. The lowest BCUT2D eigenvalue weighted by Crippen LogP contribution is -2.14. The van der Waals surface area contributed by atoms with Crippen LogP contribution in [0.5, 0.6) is 0 Å². The molecule has 2 aromatic heterocycles. The van der Waals surface area contributed by atoms with Crippen molar-refractivity contribution in [3.05, 3.63) is 205 Å². The van der Waals surface area contributed by atoms with E-state index in [0.717, 1.165) is 33.5 Å². The maximum absolute atomic E-state index is 4.98. The second-order valence-corrected chi connectivity index (χ2v) is 15.7. The monoisotopic (exact) mass is 742 g/mol. The minimum absolute atomic E-state index is 0.0202. The number of rotatable bonds is 6. The molecule has 2 heterocycles. The lowest BCUT2D eigenvalue weighted by molar-refractivity contribution is 0.660. The van der Waals surface area contributed by atoms with E-state index in [2.05, 4.69) is 152 Å². The van der Waals surface area contributed by atoms with Gasteiger partial charge in [-0.2, -0.15) is 0 Å². The first-order valence-electron chi connectivity index (χ1n) is 19.9. The van der Waals surface area contributed by atoms with Crippen molar-refractivity contribution in [3.8, 4) is 73.2 Å². The predicted molar refractivity (Wildman–Crippen MR) is 239 cm³/mol. The van der Waals surface area contributed by atoms with E-state index in [-0.39, 0.29) is 5.41 Å². The average Bonchev–Trinajstić information content (AvgIpc) is 3.75. The first-order valence-corrected chi connectivity index (χ1v) is 19.9. The Balaban J connectivity index is 1.04. The summed E-state index contributed by atoms with van der Waals surface area (Å²) in [5.41, 5.74) is 16.5. The van der Waals surface area contributed by atoms with Gasteiger partial charge in [-0.25, -0.2) is 15.0 Å². The van der Waals surface area contributed by atoms with E-state index in [0.29, 0.717) is 17.5 Å². The Morgan fingerprint density at radius 1 is 0.362 bits per heavy atom. The first-order chi connectivity index (χ1) is 28.5. The van der Waals surface area contributed by atoms with Crippen molar-refractivity contribution in [1.29, 1.82) is 0 Å². The highest BCUT2D eigenvalue weighted by Crippen LogP contribution is 2.50. The molecule has 11 rings (SSSR count). The van der Waals surface area contributed by atoms with Crippen LogP contribution >= 0.6 is 0 Å². The molecule has 0 saturated heterocycles. The van der Waals surface area contributed by atoms with Gasteiger partial charge in [-0.3, -0.25) is 0 Å². The Bertz CT molecular complexity index is 3110. The summed E-state index contributed by atoms with van der Waals surface area (Å²) >= 11 is 0. The van der Waals surface area contributed by atoms with Gasteiger partial charge in [0, 0.05) is 44.1 Å². The molecular weight excluding hydrogens is 705 g/mol. The van der Waals surface area contributed by atoms with Crippen LogP contribution in [0.15, 0.2) is 194 Å². The molecule has 1 aliphatic rings. The SMILES string of the molecule is CC1(C)c2ccccc2-c2cc(-c3ccc4c(c3)c3cccc(-c5ccc(-c6nc(-c7ccccc7)nc(-c7ccccc7)n6)cc5)c3n4-c3ccccc3)ccc21. The molecular formula is C54H38N4. The van der Waals surface area contributed by atoms with E-state index in [1.54, 1.807) is 0 Å². The molecule has 0 atom stereocenters. The maximum atomic E-state index is 4.98. The molecule has 0 saturated carbocycles. The first kappa shape index (κ1) is 33.9. The standard InChI is InChI=1S/C54H38N4/c1-54(2)47-24-13-12-21-43(47)45-33-39(29-31-48(45)54)40-30-32-49-46(34-40)44-23-14-22-42(50(44)58(49)41-19-10-5-11-20-41)35-25-27-38(28-26-35)53-56-51(36-15-6-3-7-16-36)55-52(57-53)37-17-8-4-9-18-37/h3-34H,1-2H3. The largest absolute Gasteiger partial charge is 0.309 e. The van der Waals surface area contributed by atoms with Crippen LogP contribution in [0.1, 0.15) is 25.0 Å². The Morgan fingerprint density at radius 2 is 0.862 bits per heavy atom. The summed E-state index contributed by atoms with van der Waals surface area (Å²) in [7, 11) is 0. The summed E-state index contributed by atoms with van der Waals surface area (Å²) in [6, 6.07) is 69.1. The molecule has 58 heavy (non-hydrogen) atoms. The minimum atomic E-state index is -0.0202. The smallest absolute Gasteiger partial charge is 0.164 e. The van der Waals surface area contributed by atoms with Crippen molar-refractivity contribution < 1.29 is 0 Å². The number of aromatic nitrogens is 4. The molecule has 0 amide bonds. The molecule has 1 aliphatic carbocycles. The fourth-order valence-corrected chi connectivity index (χ4v) is 8.96. The summed E-state index contributed by atoms with van der Waals surface area (Å²) in [4.78, 5) is 14.8. The Kier molecular flexibility index (Phi) is 7.80. The van der Waals surface area contributed by atoms with E-state index in [1.807, 2.05) is 60.7 Å². The Labute approximate surface area is 337 Å². The van der Waals surface area contributed by atoms with Gasteiger partial charge in [0.25, 0.3) is 0 Å². The second kappa shape index (κ2) is 13.4. The lowest BCUT2D eigenvalue weighted by atomic mass is 9.82. The highest BCUT2D eigenvalue weighted by Gasteiger charge is 2.35. The van der Waals surface area contributed by atoms with Crippen molar-refractivity contribution >= 4 is 21.8 Å². The molecule has 0 aliphatic heterocycles. The van der Waals surface area contributed by atoms with E-state index >= 15 is 0 Å². The van der Waals surface area contributed by atoms with Crippen LogP contribution in [0.25, 0.3) is 95.0 Å². The van der Waals surface area contributed by atoms with Crippen molar-refractivity contribution in [2.24, 2.45) is 0 Å². The van der Waals surface area contributed by atoms with Gasteiger partial charge in [0.15, 0.2) is 17.5 Å². The van der Waals surface area contributed by atoms with Crippen molar-refractivity contribution in [2.75, 3.05) is 0 Å². The van der Waals surface area contributed by atoms with Crippen LogP contribution in [-0.2, 0) is 5.41 Å². The molecule has 0 bridgehead atoms. The van der Waals surface area contributed by atoms with Crippen LogP contribution in [0, 0.1) is 0 Å². The highest BCUT2D eigenvalue weighted by molar-refractivity contribution is 6.14. The normalized spacial score (nSPS) is 12.8. The van der Waals surface area contributed by atoms with Gasteiger partial charge in [-0.1, -0.05) is 178 Å². The molecule has 0 radical (unpaired) electrons. The second-order valence-electron chi connectivity index (χ2n) is 15.7. The van der Waals surface area contributed by atoms with Crippen LogP contribution in [0.2, 0.25) is 0 Å². The highest BCUT2D eigenvalue weighted by atomic mass is 15.0. The van der Waals surface area contributed by atoms with E-state index in [9.17, 15) is 0 Å². The van der Waals surface area contributed by atoms with Crippen molar-refractivity contribution in [1.82, 2.24) is 19.5 Å². The molecule has 0 fully saturated rings. The van der Waals surface area contributed by atoms with E-state index in [4.69, 9.17) is 15.0 Å². The lowest BCUT2D eigenvalue weighted by Gasteiger charge is -2.21. The van der Waals surface area contributed by atoms with E-state index < -0.39 is 0 Å². The summed E-state index contributed by atoms with van der Waals surface area (Å²) < 4.78 is 2.42. The number of hydrogen-bond acceptors (Lipinski definition) is 3. The third-order valence-corrected chi connectivity index (χ3v) is 11.9. The van der Waals surface area contributed by atoms with E-state index in [1.165, 1.54) is 55.2 Å². The molecule has 4 nitrogen and oxygen atoms in total. The number of fused-ring (bicyclic) bond motifs is 6. The number of hydrogen-bond donors (Lipinski definition) is 0. The van der Waals surface area contributed by atoms with Gasteiger partial charge in [0.1, 0.15) is 0 Å². The quantitative estimate of drug-likeness (QED) is 0.170. The molecule has 8 aromatic carbocycles.